The summed E-state index contributed by atoms with van der Waals surface area (Å²) >= 11 is 5.88. The topological polar surface area (TPSA) is 3.01 Å². The maximum Gasteiger partial charge on any atom is 0.0718 e. The van der Waals surface area contributed by atoms with Crippen LogP contribution in [0.15, 0.2) is 54.6 Å². The van der Waals surface area contributed by atoms with E-state index < -0.39 is 0 Å². The summed E-state index contributed by atoms with van der Waals surface area (Å²) in [5.74, 6) is 0. The summed E-state index contributed by atoms with van der Waals surface area (Å²) in [5.41, 5.74) is 2.63. The minimum atomic E-state index is 0.527. The lowest BCUT2D eigenvalue weighted by Crippen LogP contribution is -1.93. The molecule has 0 amide bonds. The van der Waals surface area contributed by atoms with Gasteiger partial charge in [0.15, 0.2) is 0 Å². The molecule has 2 heteroatoms. The van der Waals surface area contributed by atoms with E-state index in [-0.39, 0.29) is 0 Å². The predicted molar refractivity (Wildman–Crippen MR) is 68.0 cm³/mol. The Morgan fingerprint density at radius 2 is 1.62 bits per heavy atom. The van der Waals surface area contributed by atoms with Crippen LogP contribution in [0.3, 0.4) is 0 Å². The van der Waals surface area contributed by atoms with E-state index in [1.807, 2.05) is 18.2 Å². The lowest BCUT2D eigenvalue weighted by atomic mass is 10.1. The summed E-state index contributed by atoms with van der Waals surface area (Å²) < 4.78 is 0. The Hall–Kier alpha value is -1.47. The molecule has 1 nitrogen and oxygen atoms in total. The van der Waals surface area contributed by atoms with Crippen LogP contribution in [0, 0.1) is 0 Å². The molecule has 0 saturated carbocycles. The summed E-state index contributed by atoms with van der Waals surface area (Å²) in [4.78, 5) is 2.38. The van der Waals surface area contributed by atoms with Crippen molar-refractivity contribution in [2.24, 2.45) is 0 Å². The molecule has 80 valence electrons. The largest absolute Gasteiger partial charge is 0.360 e. The van der Waals surface area contributed by atoms with Gasteiger partial charge in [-0.25, -0.2) is 0 Å². The lowest BCUT2D eigenvalue weighted by Gasteiger charge is -2.05. The molecule has 0 N–H and O–H groups in total. The number of rotatable bonds is 2. The number of halogens is 1. The number of para-hydroxylation sites is 1. The van der Waals surface area contributed by atoms with Gasteiger partial charge in [-0.2, -0.15) is 0 Å². The molecule has 2 aromatic rings. The molecule has 0 bridgehead atoms. The quantitative estimate of drug-likeness (QED) is 0.706. The molecular weight excluding hydrogens is 218 g/mol. The molecule has 16 heavy (non-hydrogen) atoms. The first-order valence-electron chi connectivity index (χ1n) is 5.42. The summed E-state index contributed by atoms with van der Waals surface area (Å²) in [7, 11) is 0. The molecule has 0 unspecified atom stereocenters. The van der Waals surface area contributed by atoms with Crippen molar-refractivity contribution in [1.29, 1.82) is 0 Å². The van der Waals surface area contributed by atoms with E-state index in [0.29, 0.717) is 6.04 Å². The average Bonchev–Trinajstić information content (AvgIpc) is 3.11. The fourth-order valence-corrected chi connectivity index (χ4v) is 2.14. The summed E-state index contributed by atoms with van der Waals surface area (Å²) in [6.45, 7) is 1.10. The molecule has 1 aliphatic rings. The normalized spacial score (nSPS) is 18.6. The Bertz CT molecular complexity index is 478. The zero-order chi connectivity index (χ0) is 11.0. The highest BCUT2D eigenvalue weighted by Crippen LogP contribution is 2.39. The third-order valence-corrected chi connectivity index (χ3v) is 3.21. The van der Waals surface area contributed by atoms with Crippen LogP contribution in [0.25, 0.3) is 0 Å². The van der Waals surface area contributed by atoms with Gasteiger partial charge in [-0.15, -0.1) is 0 Å². The standard InChI is InChI=1S/C14H12ClN/c15-12-8-6-11(7-9-12)14-10-16(14)13-4-2-1-3-5-13/h1-9,14H,10H2/t14-,16?/m0/s1. The number of benzene rings is 2. The fourth-order valence-electron chi connectivity index (χ4n) is 2.01. The Morgan fingerprint density at radius 3 is 2.31 bits per heavy atom. The highest BCUT2D eigenvalue weighted by Gasteiger charge is 2.35. The summed E-state index contributed by atoms with van der Waals surface area (Å²) in [6, 6.07) is 19.2. The molecule has 1 atom stereocenters. The zero-order valence-electron chi connectivity index (χ0n) is 8.81. The fraction of sp³-hybridized carbons (Fsp3) is 0.143. The van der Waals surface area contributed by atoms with Crippen LogP contribution in [-0.4, -0.2) is 6.54 Å². The SMILES string of the molecule is Clc1ccc([C@@H]2CN2c2ccccc2)cc1. The van der Waals surface area contributed by atoms with Gasteiger partial charge in [-0.3, -0.25) is 0 Å². The Morgan fingerprint density at radius 1 is 0.938 bits per heavy atom. The van der Waals surface area contributed by atoms with Gasteiger partial charge in [0.1, 0.15) is 0 Å². The van der Waals surface area contributed by atoms with Crippen LogP contribution in [0.5, 0.6) is 0 Å². The van der Waals surface area contributed by atoms with Crippen molar-refractivity contribution in [1.82, 2.24) is 0 Å². The Kier molecular flexibility index (Phi) is 2.33. The van der Waals surface area contributed by atoms with Crippen LogP contribution in [-0.2, 0) is 0 Å². The van der Waals surface area contributed by atoms with Crippen molar-refractivity contribution in [3.63, 3.8) is 0 Å². The van der Waals surface area contributed by atoms with E-state index in [0.717, 1.165) is 11.6 Å². The minimum Gasteiger partial charge on any atom is -0.360 e. The first-order chi connectivity index (χ1) is 7.84. The molecule has 0 aromatic heterocycles. The lowest BCUT2D eigenvalue weighted by molar-refractivity contribution is 1.13. The van der Waals surface area contributed by atoms with E-state index in [9.17, 15) is 0 Å². The van der Waals surface area contributed by atoms with Crippen LogP contribution in [0.1, 0.15) is 11.6 Å². The molecule has 0 spiro atoms. The van der Waals surface area contributed by atoms with E-state index in [1.165, 1.54) is 11.3 Å². The number of nitrogens with zero attached hydrogens (tertiary/aromatic N) is 1. The molecule has 1 fully saturated rings. The first-order valence-corrected chi connectivity index (χ1v) is 5.79. The highest BCUT2D eigenvalue weighted by atomic mass is 35.5. The van der Waals surface area contributed by atoms with Crippen molar-refractivity contribution >= 4 is 17.3 Å². The van der Waals surface area contributed by atoms with Gasteiger partial charge < -0.3 is 4.90 Å². The maximum absolute atomic E-state index is 5.88. The molecular formula is C14H12ClN. The monoisotopic (exact) mass is 229 g/mol. The highest BCUT2D eigenvalue weighted by molar-refractivity contribution is 6.30. The second kappa shape index (κ2) is 3.84. The van der Waals surface area contributed by atoms with Crippen LogP contribution >= 0.6 is 11.6 Å². The van der Waals surface area contributed by atoms with Crippen LogP contribution in [0.4, 0.5) is 5.69 Å². The van der Waals surface area contributed by atoms with Crippen molar-refractivity contribution in [3.8, 4) is 0 Å². The summed E-state index contributed by atoms with van der Waals surface area (Å²) in [6.07, 6.45) is 0. The van der Waals surface area contributed by atoms with Gasteiger partial charge in [0.2, 0.25) is 0 Å². The molecule has 3 rings (SSSR count). The Labute approximate surface area is 100 Å². The maximum atomic E-state index is 5.88. The molecule has 1 saturated heterocycles. The second-order valence-electron chi connectivity index (χ2n) is 4.06. The molecule has 2 aromatic carbocycles. The van der Waals surface area contributed by atoms with Crippen LogP contribution in [0.2, 0.25) is 5.02 Å². The number of hydrogen-bond donors (Lipinski definition) is 0. The van der Waals surface area contributed by atoms with Crippen molar-refractivity contribution in [2.45, 2.75) is 6.04 Å². The van der Waals surface area contributed by atoms with Crippen LogP contribution < -0.4 is 4.90 Å². The Balaban J connectivity index is 1.79. The molecule has 1 heterocycles. The van der Waals surface area contributed by atoms with Gasteiger partial charge in [0.25, 0.3) is 0 Å². The first kappa shape index (κ1) is 9.73. The zero-order valence-corrected chi connectivity index (χ0v) is 9.56. The second-order valence-corrected chi connectivity index (χ2v) is 4.49. The van der Waals surface area contributed by atoms with Gasteiger partial charge in [-0.05, 0) is 29.8 Å². The average molecular weight is 230 g/mol. The summed E-state index contributed by atoms with van der Waals surface area (Å²) in [5, 5.41) is 0.802. The van der Waals surface area contributed by atoms with Gasteiger partial charge >= 0.3 is 0 Å². The third-order valence-electron chi connectivity index (χ3n) is 2.95. The molecule has 1 aliphatic heterocycles. The number of anilines is 1. The van der Waals surface area contributed by atoms with Gasteiger partial charge in [0.05, 0.1) is 6.04 Å². The van der Waals surface area contributed by atoms with Gasteiger partial charge in [0, 0.05) is 17.3 Å². The van der Waals surface area contributed by atoms with E-state index in [1.54, 1.807) is 0 Å². The smallest absolute Gasteiger partial charge is 0.0718 e. The van der Waals surface area contributed by atoms with E-state index in [2.05, 4.69) is 41.3 Å². The molecule has 0 radical (unpaired) electrons. The van der Waals surface area contributed by atoms with E-state index in [4.69, 9.17) is 11.6 Å². The predicted octanol–water partition coefficient (Wildman–Crippen LogP) is 3.90. The number of hydrogen-bond acceptors (Lipinski definition) is 1. The van der Waals surface area contributed by atoms with Crippen molar-refractivity contribution in [2.75, 3.05) is 11.4 Å². The van der Waals surface area contributed by atoms with Gasteiger partial charge in [-0.1, -0.05) is 41.9 Å². The van der Waals surface area contributed by atoms with E-state index >= 15 is 0 Å². The van der Waals surface area contributed by atoms with Crippen molar-refractivity contribution < 1.29 is 0 Å². The third kappa shape index (κ3) is 1.79. The minimum absolute atomic E-state index is 0.527. The molecule has 0 aliphatic carbocycles. The van der Waals surface area contributed by atoms with Crippen molar-refractivity contribution in [3.05, 3.63) is 65.2 Å².